The summed E-state index contributed by atoms with van der Waals surface area (Å²) in [6, 6.07) is 2.42. The summed E-state index contributed by atoms with van der Waals surface area (Å²) >= 11 is 1.67. The van der Waals surface area contributed by atoms with Gasteiger partial charge in [-0.15, -0.1) is 0 Å². The first-order valence-corrected chi connectivity index (χ1v) is 5.69. The quantitative estimate of drug-likeness (QED) is 0.831. The van der Waals surface area contributed by atoms with Crippen LogP contribution in [0.4, 0.5) is 0 Å². The van der Waals surface area contributed by atoms with E-state index in [-0.39, 0.29) is 6.54 Å². The average molecular weight is 211 g/mol. The number of aliphatic carboxylic acids is 1. The van der Waals surface area contributed by atoms with Gasteiger partial charge in [0.1, 0.15) is 0 Å². The summed E-state index contributed by atoms with van der Waals surface area (Å²) < 4.78 is 0. The van der Waals surface area contributed by atoms with Gasteiger partial charge in [-0.25, -0.2) is 0 Å². The molecular formula is C10H13NO2S. The van der Waals surface area contributed by atoms with Gasteiger partial charge in [-0.05, 0) is 41.8 Å². The van der Waals surface area contributed by atoms with Crippen molar-refractivity contribution in [2.45, 2.75) is 18.9 Å². The fourth-order valence-corrected chi connectivity index (χ4v) is 2.74. The van der Waals surface area contributed by atoms with Crippen molar-refractivity contribution in [3.63, 3.8) is 0 Å². The molecule has 1 aliphatic heterocycles. The fraction of sp³-hybridized carbons (Fsp3) is 0.500. The molecule has 14 heavy (non-hydrogen) atoms. The zero-order chi connectivity index (χ0) is 9.97. The highest BCUT2D eigenvalue weighted by Crippen LogP contribution is 2.32. The molecule has 0 aliphatic carbocycles. The summed E-state index contributed by atoms with van der Waals surface area (Å²) in [5.41, 5.74) is 1.27. The third-order valence-corrected chi connectivity index (χ3v) is 3.33. The minimum absolute atomic E-state index is 0.167. The summed E-state index contributed by atoms with van der Waals surface area (Å²) in [7, 11) is 0. The molecule has 1 fully saturated rings. The van der Waals surface area contributed by atoms with E-state index in [9.17, 15) is 4.79 Å². The number of nitrogens with zero attached hydrogens (tertiary/aromatic N) is 1. The fourth-order valence-electron chi connectivity index (χ4n) is 2.03. The van der Waals surface area contributed by atoms with Crippen molar-refractivity contribution in [1.29, 1.82) is 0 Å². The highest BCUT2D eigenvalue weighted by Gasteiger charge is 2.27. The van der Waals surface area contributed by atoms with Crippen molar-refractivity contribution in [2.75, 3.05) is 13.1 Å². The van der Waals surface area contributed by atoms with Crippen LogP contribution in [0, 0.1) is 0 Å². The smallest absolute Gasteiger partial charge is 0.317 e. The maximum absolute atomic E-state index is 10.6. The Balaban J connectivity index is 2.07. The monoisotopic (exact) mass is 211 g/mol. The van der Waals surface area contributed by atoms with Crippen LogP contribution in [-0.4, -0.2) is 29.1 Å². The van der Waals surface area contributed by atoms with E-state index in [1.807, 2.05) is 10.3 Å². The van der Waals surface area contributed by atoms with E-state index in [1.165, 1.54) is 5.56 Å². The first-order chi connectivity index (χ1) is 6.77. The third-order valence-electron chi connectivity index (χ3n) is 2.63. The van der Waals surface area contributed by atoms with Crippen LogP contribution in [0.1, 0.15) is 24.4 Å². The van der Waals surface area contributed by atoms with Crippen LogP contribution in [0.5, 0.6) is 0 Å². The molecule has 4 heteroatoms. The van der Waals surface area contributed by atoms with Gasteiger partial charge in [0.15, 0.2) is 0 Å². The highest BCUT2D eigenvalue weighted by molar-refractivity contribution is 7.07. The van der Waals surface area contributed by atoms with Gasteiger partial charge in [-0.1, -0.05) is 0 Å². The predicted octanol–water partition coefficient (Wildman–Crippen LogP) is 1.97. The minimum Gasteiger partial charge on any atom is -0.480 e. The molecule has 1 atom stereocenters. The van der Waals surface area contributed by atoms with E-state index in [1.54, 1.807) is 11.3 Å². The first kappa shape index (κ1) is 9.68. The number of rotatable bonds is 3. The molecule has 2 rings (SSSR count). The van der Waals surface area contributed by atoms with Crippen LogP contribution in [0.2, 0.25) is 0 Å². The maximum atomic E-state index is 10.6. The Hall–Kier alpha value is -0.870. The number of carboxylic acid groups (broad SMARTS) is 1. The third kappa shape index (κ3) is 1.96. The number of hydrogen-bond donors (Lipinski definition) is 1. The van der Waals surface area contributed by atoms with Gasteiger partial charge in [0, 0.05) is 6.04 Å². The summed E-state index contributed by atoms with van der Waals surface area (Å²) in [6.07, 6.45) is 2.19. The Morgan fingerprint density at radius 3 is 3.21 bits per heavy atom. The van der Waals surface area contributed by atoms with Gasteiger partial charge >= 0.3 is 5.97 Å². The van der Waals surface area contributed by atoms with Crippen LogP contribution in [0.3, 0.4) is 0 Å². The molecule has 0 bridgehead atoms. The van der Waals surface area contributed by atoms with Gasteiger partial charge < -0.3 is 5.11 Å². The van der Waals surface area contributed by atoms with Crippen molar-refractivity contribution in [3.8, 4) is 0 Å². The molecule has 2 heterocycles. The summed E-state index contributed by atoms with van der Waals surface area (Å²) in [5, 5.41) is 12.9. The molecule has 0 spiro atoms. The van der Waals surface area contributed by atoms with Crippen LogP contribution in [0.15, 0.2) is 16.8 Å². The van der Waals surface area contributed by atoms with Gasteiger partial charge in [0.05, 0.1) is 6.54 Å². The van der Waals surface area contributed by atoms with Gasteiger partial charge in [0.2, 0.25) is 0 Å². The molecule has 1 saturated heterocycles. The SMILES string of the molecule is O=C(O)CN1CCCC1c1ccsc1. The lowest BCUT2D eigenvalue weighted by Crippen LogP contribution is -2.29. The molecule has 1 aromatic rings. The number of thiophene rings is 1. The lowest BCUT2D eigenvalue weighted by Gasteiger charge is -2.21. The van der Waals surface area contributed by atoms with Gasteiger partial charge in [-0.2, -0.15) is 11.3 Å². The molecule has 76 valence electrons. The Morgan fingerprint density at radius 1 is 1.71 bits per heavy atom. The number of hydrogen-bond acceptors (Lipinski definition) is 3. The van der Waals surface area contributed by atoms with Crippen molar-refractivity contribution >= 4 is 17.3 Å². The first-order valence-electron chi connectivity index (χ1n) is 4.75. The Kier molecular flexibility index (Phi) is 2.84. The molecule has 3 nitrogen and oxygen atoms in total. The van der Waals surface area contributed by atoms with Crippen LogP contribution >= 0.6 is 11.3 Å². The van der Waals surface area contributed by atoms with E-state index < -0.39 is 5.97 Å². The van der Waals surface area contributed by atoms with Crippen LogP contribution < -0.4 is 0 Å². The van der Waals surface area contributed by atoms with Crippen LogP contribution in [-0.2, 0) is 4.79 Å². The lowest BCUT2D eigenvalue weighted by molar-refractivity contribution is -0.138. The number of carbonyl (C=O) groups is 1. The summed E-state index contributed by atoms with van der Waals surface area (Å²) in [5.74, 6) is -0.730. The Labute approximate surface area is 87.0 Å². The standard InChI is InChI=1S/C10H13NO2S/c12-10(13)6-11-4-1-2-9(11)8-3-5-14-7-8/h3,5,7,9H,1-2,4,6H2,(H,12,13). The lowest BCUT2D eigenvalue weighted by atomic mass is 10.1. The number of likely N-dealkylation sites (tertiary alicyclic amines) is 1. The second kappa shape index (κ2) is 4.11. The molecule has 0 amide bonds. The Bertz CT molecular complexity index is 310. The molecular weight excluding hydrogens is 198 g/mol. The largest absolute Gasteiger partial charge is 0.480 e. The van der Waals surface area contributed by atoms with Crippen molar-refractivity contribution in [3.05, 3.63) is 22.4 Å². The minimum atomic E-state index is -0.730. The molecule has 1 aliphatic rings. The van der Waals surface area contributed by atoms with Crippen LogP contribution in [0.25, 0.3) is 0 Å². The molecule has 1 unspecified atom stereocenters. The van der Waals surface area contributed by atoms with E-state index in [0.717, 1.165) is 19.4 Å². The van der Waals surface area contributed by atoms with E-state index >= 15 is 0 Å². The van der Waals surface area contributed by atoms with Crippen molar-refractivity contribution < 1.29 is 9.90 Å². The second-order valence-corrected chi connectivity index (χ2v) is 4.36. The molecule has 0 saturated carbocycles. The van der Waals surface area contributed by atoms with Crippen molar-refractivity contribution in [2.24, 2.45) is 0 Å². The molecule has 1 aromatic heterocycles. The second-order valence-electron chi connectivity index (χ2n) is 3.58. The van der Waals surface area contributed by atoms with Crippen molar-refractivity contribution in [1.82, 2.24) is 4.90 Å². The molecule has 1 N–H and O–H groups in total. The highest BCUT2D eigenvalue weighted by atomic mass is 32.1. The average Bonchev–Trinajstić information content (AvgIpc) is 2.70. The summed E-state index contributed by atoms with van der Waals surface area (Å²) in [4.78, 5) is 12.7. The molecule has 0 radical (unpaired) electrons. The topological polar surface area (TPSA) is 40.5 Å². The maximum Gasteiger partial charge on any atom is 0.317 e. The predicted molar refractivity (Wildman–Crippen MR) is 55.5 cm³/mol. The van der Waals surface area contributed by atoms with Gasteiger partial charge in [-0.3, -0.25) is 9.69 Å². The van der Waals surface area contributed by atoms with E-state index in [0.29, 0.717) is 6.04 Å². The Morgan fingerprint density at radius 2 is 2.57 bits per heavy atom. The van der Waals surface area contributed by atoms with Gasteiger partial charge in [0.25, 0.3) is 0 Å². The zero-order valence-corrected chi connectivity index (χ0v) is 8.67. The van der Waals surface area contributed by atoms with E-state index in [2.05, 4.69) is 11.4 Å². The number of carboxylic acids is 1. The van der Waals surface area contributed by atoms with E-state index in [4.69, 9.17) is 5.11 Å². The zero-order valence-electron chi connectivity index (χ0n) is 7.85. The molecule has 0 aromatic carbocycles. The summed E-state index contributed by atoms with van der Waals surface area (Å²) in [6.45, 7) is 1.08. The normalized spacial score (nSPS) is 22.7.